The van der Waals surface area contributed by atoms with Crippen LogP contribution in [0.15, 0.2) is 11.6 Å². The van der Waals surface area contributed by atoms with Crippen LogP contribution in [0.3, 0.4) is 0 Å². The topological polar surface area (TPSA) is 54.0 Å². The van der Waals surface area contributed by atoms with E-state index in [1.807, 2.05) is 12.3 Å². The molecule has 78 valence electrons. The first-order chi connectivity index (χ1) is 6.59. The summed E-state index contributed by atoms with van der Waals surface area (Å²) in [6.45, 7) is 6.11. The maximum absolute atomic E-state index is 11.4. The highest BCUT2D eigenvalue weighted by Crippen LogP contribution is 2.10. The molecule has 1 heterocycles. The molecular weight excluding hydrogens is 198 g/mol. The summed E-state index contributed by atoms with van der Waals surface area (Å²) in [5, 5.41) is 7.94. The monoisotopic (exact) mass is 213 g/mol. The van der Waals surface area contributed by atoms with Crippen LogP contribution >= 0.6 is 11.3 Å². The van der Waals surface area contributed by atoms with Crippen LogP contribution in [0, 0.1) is 5.92 Å². The van der Waals surface area contributed by atoms with E-state index in [1.54, 1.807) is 6.20 Å². The van der Waals surface area contributed by atoms with E-state index in [-0.39, 0.29) is 12.1 Å². The zero-order valence-corrected chi connectivity index (χ0v) is 9.39. The van der Waals surface area contributed by atoms with Crippen LogP contribution in [0.5, 0.6) is 0 Å². The third kappa shape index (κ3) is 3.33. The number of thiazole rings is 1. The molecule has 4 nitrogen and oxygen atoms in total. The summed E-state index contributed by atoms with van der Waals surface area (Å²) < 4.78 is 0. The van der Waals surface area contributed by atoms with E-state index in [0.29, 0.717) is 11.0 Å². The van der Waals surface area contributed by atoms with Gasteiger partial charge in [-0.2, -0.15) is 0 Å². The predicted molar refractivity (Wildman–Crippen MR) is 58.6 cm³/mol. The predicted octanol–water partition coefficient (Wildman–Crippen LogP) is 2.31. The molecule has 1 aromatic heterocycles. The summed E-state index contributed by atoms with van der Waals surface area (Å²) in [6, 6.07) is -0.0314. The Hall–Kier alpha value is -1.10. The molecule has 1 atom stereocenters. The number of rotatable bonds is 3. The largest absolute Gasteiger partial charge is 0.335 e. The Labute approximate surface area is 87.7 Å². The minimum atomic E-state index is -0.193. The lowest BCUT2D eigenvalue weighted by atomic mass is 10.1. The van der Waals surface area contributed by atoms with Crippen molar-refractivity contribution in [3.05, 3.63) is 11.6 Å². The average molecular weight is 213 g/mol. The normalized spacial score (nSPS) is 12.6. The molecule has 14 heavy (non-hydrogen) atoms. The quantitative estimate of drug-likeness (QED) is 0.809. The van der Waals surface area contributed by atoms with Gasteiger partial charge in [-0.3, -0.25) is 5.32 Å². The summed E-state index contributed by atoms with van der Waals surface area (Å²) in [5.74, 6) is 0.428. The molecule has 0 aliphatic heterocycles. The minimum Gasteiger partial charge on any atom is -0.335 e. The number of aromatic nitrogens is 1. The fourth-order valence-corrected chi connectivity index (χ4v) is 1.32. The van der Waals surface area contributed by atoms with Crippen molar-refractivity contribution in [3.8, 4) is 0 Å². The van der Waals surface area contributed by atoms with E-state index in [4.69, 9.17) is 0 Å². The molecular formula is C9H15N3OS. The molecule has 0 fully saturated rings. The minimum absolute atomic E-state index is 0.162. The van der Waals surface area contributed by atoms with Gasteiger partial charge < -0.3 is 5.32 Å². The SMILES string of the molecule is CC(C)[C@@H](C)NC(=O)Nc1nccs1. The summed E-state index contributed by atoms with van der Waals surface area (Å²) in [6.07, 6.45) is 1.66. The van der Waals surface area contributed by atoms with Crippen molar-refractivity contribution in [1.82, 2.24) is 10.3 Å². The standard InChI is InChI=1S/C9H15N3OS/c1-6(2)7(3)11-8(13)12-9-10-4-5-14-9/h4-7H,1-3H3,(H2,10,11,12,13)/t7-/m1/s1. The highest BCUT2D eigenvalue weighted by atomic mass is 32.1. The third-order valence-corrected chi connectivity index (χ3v) is 2.70. The molecule has 0 saturated carbocycles. The molecule has 0 spiro atoms. The van der Waals surface area contributed by atoms with E-state index < -0.39 is 0 Å². The number of carbonyl (C=O) groups excluding carboxylic acids is 1. The lowest BCUT2D eigenvalue weighted by molar-refractivity contribution is 0.246. The number of hydrogen-bond acceptors (Lipinski definition) is 3. The second kappa shape index (κ2) is 4.95. The molecule has 0 saturated heterocycles. The number of urea groups is 1. The molecule has 0 aromatic carbocycles. The second-order valence-electron chi connectivity index (χ2n) is 3.47. The Bertz CT molecular complexity index is 284. The fraction of sp³-hybridized carbons (Fsp3) is 0.556. The van der Waals surface area contributed by atoms with Crippen LogP contribution in [0.1, 0.15) is 20.8 Å². The number of carbonyl (C=O) groups is 1. The first-order valence-corrected chi connectivity index (χ1v) is 5.44. The molecule has 1 rings (SSSR count). The zero-order chi connectivity index (χ0) is 10.6. The van der Waals surface area contributed by atoms with Crippen LogP contribution in [-0.2, 0) is 0 Å². The summed E-state index contributed by atoms with van der Waals surface area (Å²) in [7, 11) is 0. The molecule has 0 bridgehead atoms. The Morgan fingerprint density at radius 1 is 1.50 bits per heavy atom. The van der Waals surface area contributed by atoms with Gasteiger partial charge in [-0.05, 0) is 12.8 Å². The molecule has 5 heteroatoms. The van der Waals surface area contributed by atoms with Gasteiger partial charge in [0.05, 0.1) is 0 Å². The lowest BCUT2D eigenvalue weighted by Crippen LogP contribution is -2.38. The average Bonchev–Trinajstić information content (AvgIpc) is 2.56. The van der Waals surface area contributed by atoms with Crippen LogP contribution in [-0.4, -0.2) is 17.1 Å². The molecule has 2 amide bonds. The van der Waals surface area contributed by atoms with Gasteiger partial charge in [0.1, 0.15) is 0 Å². The first-order valence-electron chi connectivity index (χ1n) is 4.56. The van der Waals surface area contributed by atoms with Gasteiger partial charge in [0.2, 0.25) is 0 Å². The van der Waals surface area contributed by atoms with Crippen molar-refractivity contribution in [1.29, 1.82) is 0 Å². The van der Waals surface area contributed by atoms with Crippen LogP contribution in [0.2, 0.25) is 0 Å². The number of nitrogens with zero attached hydrogens (tertiary/aromatic N) is 1. The van der Waals surface area contributed by atoms with Crippen molar-refractivity contribution in [2.75, 3.05) is 5.32 Å². The Morgan fingerprint density at radius 3 is 2.71 bits per heavy atom. The third-order valence-electron chi connectivity index (χ3n) is 2.01. The maximum Gasteiger partial charge on any atom is 0.321 e. The van der Waals surface area contributed by atoms with Gasteiger partial charge in [0.15, 0.2) is 5.13 Å². The zero-order valence-electron chi connectivity index (χ0n) is 8.57. The van der Waals surface area contributed by atoms with Gasteiger partial charge in [-0.1, -0.05) is 13.8 Å². The van der Waals surface area contributed by atoms with E-state index >= 15 is 0 Å². The number of anilines is 1. The van der Waals surface area contributed by atoms with E-state index in [1.165, 1.54) is 11.3 Å². The molecule has 1 aromatic rings. The number of nitrogens with one attached hydrogen (secondary N) is 2. The Kier molecular flexibility index (Phi) is 3.88. The van der Waals surface area contributed by atoms with Crippen molar-refractivity contribution < 1.29 is 4.79 Å². The number of hydrogen-bond donors (Lipinski definition) is 2. The van der Waals surface area contributed by atoms with Gasteiger partial charge in [-0.25, -0.2) is 9.78 Å². The fourth-order valence-electron chi connectivity index (χ4n) is 0.792. The lowest BCUT2D eigenvalue weighted by Gasteiger charge is -2.16. The van der Waals surface area contributed by atoms with E-state index in [0.717, 1.165) is 0 Å². The van der Waals surface area contributed by atoms with Crippen molar-refractivity contribution >= 4 is 22.5 Å². The summed E-state index contributed by atoms with van der Waals surface area (Å²) in [5.41, 5.74) is 0. The molecule has 0 aliphatic carbocycles. The van der Waals surface area contributed by atoms with E-state index in [2.05, 4.69) is 29.5 Å². The van der Waals surface area contributed by atoms with Crippen LogP contribution in [0.25, 0.3) is 0 Å². The van der Waals surface area contributed by atoms with Crippen LogP contribution in [0.4, 0.5) is 9.93 Å². The Balaban J connectivity index is 2.36. The first kappa shape index (κ1) is 11.0. The van der Waals surface area contributed by atoms with Gasteiger partial charge in [-0.15, -0.1) is 11.3 Å². The van der Waals surface area contributed by atoms with Gasteiger partial charge in [0.25, 0.3) is 0 Å². The van der Waals surface area contributed by atoms with Crippen molar-refractivity contribution in [2.24, 2.45) is 5.92 Å². The summed E-state index contributed by atoms with van der Waals surface area (Å²) >= 11 is 1.40. The van der Waals surface area contributed by atoms with Crippen molar-refractivity contribution in [2.45, 2.75) is 26.8 Å². The molecule has 0 aliphatic rings. The number of amides is 2. The molecule has 2 N–H and O–H groups in total. The Morgan fingerprint density at radius 2 is 2.21 bits per heavy atom. The highest BCUT2D eigenvalue weighted by molar-refractivity contribution is 7.13. The maximum atomic E-state index is 11.4. The van der Waals surface area contributed by atoms with Crippen molar-refractivity contribution in [3.63, 3.8) is 0 Å². The smallest absolute Gasteiger partial charge is 0.321 e. The van der Waals surface area contributed by atoms with Crippen LogP contribution < -0.4 is 10.6 Å². The van der Waals surface area contributed by atoms with Gasteiger partial charge in [0, 0.05) is 17.6 Å². The van der Waals surface area contributed by atoms with Gasteiger partial charge >= 0.3 is 6.03 Å². The van der Waals surface area contributed by atoms with E-state index in [9.17, 15) is 4.79 Å². The highest BCUT2D eigenvalue weighted by Gasteiger charge is 2.10. The summed E-state index contributed by atoms with van der Waals surface area (Å²) in [4.78, 5) is 15.3. The second-order valence-corrected chi connectivity index (χ2v) is 4.36. The molecule has 0 unspecified atom stereocenters. The molecule has 0 radical (unpaired) electrons.